The van der Waals surface area contributed by atoms with Crippen molar-refractivity contribution in [3.8, 4) is 0 Å². The quantitative estimate of drug-likeness (QED) is 0.661. The zero-order chi connectivity index (χ0) is 10.3. The van der Waals surface area contributed by atoms with E-state index in [2.05, 4.69) is 11.1 Å². The van der Waals surface area contributed by atoms with Crippen molar-refractivity contribution in [2.75, 3.05) is 5.73 Å². The van der Waals surface area contributed by atoms with Crippen LogP contribution in [0.25, 0.3) is 10.9 Å². The summed E-state index contributed by atoms with van der Waals surface area (Å²) in [5.41, 5.74) is 10.5. The van der Waals surface area contributed by atoms with Crippen molar-refractivity contribution < 1.29 is 0 Å². The van der Waals surface area contributed by atoms with Crippen LogP contribution in [0.3, 0.4) is 0 Å². The van der Waals surface area contributed by atoms with Crippen LogP contribution in [0.5, 0.6) is 0 Å². The predicted molar refractivity (Wildman–Crippen MR) is 62.8 cm³/mol. The summed E-state index contributed by atoms with van der Waals surface area (Å²) in [6.07, 6.45) is 7.00. The van der Waals surface area contributed by atoms with Crippen molar-refractivity contribution in [3.63, 3.8) is 0 Å². The third-order valence-corrected chi connectivity index (χ3v) is 3.22. The Balaban J connectivity index is 2.32. The van der Waals surface area contributed by atoms with Gasteiger partial charge in [0.15, 0.2) is 0 Å². The first-order valence-electron chi connectivity index (χ1n) is 5.50. The summed E-state index contributed by atoms with van der Waals surface area (Å²) in [7, 11) is 0. The first kappa shape index (κ1) is 8.72. The highest BCUT2D eigenvalue weighted by Gasteiger charge is 2.12. The minimum atomic E-state index is 0.797. The molecule has 76 valence electrons. The van der Waals surface area contributed by atoms with Gasteiger partial charge in [0.25, 0.3) is 0 Å². The van der Waals surface area contributed by atoms with Gasteiger partial charge in [0, 0.05) is 17.3 Å². The van der Waals surface area contributed by atoms with Gasteiger partial charge in [0.2, 0.25) is 0 Å². The van der Waals surface area contributed by atoms with Crippen LogP contribution < -0.4 is 5.73 Å². The molecule has 0 saturated carbocycles. The van der Waals surface area contributed by atoms with Gasteiger partial charge in [0.05, 0.1) is 5.52 Å². The van der Waals surface area contributed by atoms with Crippen molar-refractivity contribution in [1.29, 1.82) is 0 Å². The van der Waals surface area contributed by atoms with Crippen LogP contribution in [0.4, 0.5) is 5.69 Å². The maximum atomic E-state index is 5.76. The molecule has 2 nitrogen and oxygen atoms in total. The maximum absolute atomic E-state index is 5.76. The Kier molecular flexibility index (Phi) is 1.88. The molecule has 3 rings (SSSR count). The van der Waals surface area contributed by atoms with Crippen LogP contribution in [-0.4, -0.2) is 4.98 Å². The number of rotatable bonds is 0. The van der Waals surface area contributed by atoms with E-state index in [-0.39, 0.29) is 0 Å². The van der Waals surface area contributed by atoms with Gasteiger partial charge in [0.1, 0.15) is 0 Å². The van der Waals surface area contributed by atoms with Crippen molar-refractivity contribution in [2.24, 2.45) is 0 Å². The van der Waals surface area contributed by atoms with Gasteiger partial charge in [-0.15, -0.1) is 0 Å². The highest BCUT2D eigenvalue weighted by molar-refractivity contribution is 5.85. The second-order valence-corrected chi connectivity index (χ2v) is 4.25. The first-order valence-corrected chi connectivity index (χ1v) is 5.50. The molecule has 0 radical (unpaired) electrons. The summed E-state index contributed by atoms with van der Waals surface area (Å²) >= 11 is 0. The molecular formula is C13H14N2. The Labute approximate surface area is 89.1 Å². The predicted octanol–water partition coefficient (Wildman–Crippen LogP) is 2.70. The van der Waals surface area contributed by atoms with E-state index >= 15 is 0 Å². The van der Waals surface area contributed by atoms with Crippen LogP contribution in [-0.2, 0) is 12.8 Å². The summed E-state index contributed by atoms with van der Waals surface area (Å²) in [4.78, 5) is 4.48. The Hall–Kier alpha value is -1.57. The summed E-state index contributed by atoms with van der Waals surface area (Å²) in [5, 5.41) is 1.29. The van der Waals surface area contributed by atoms with Crippen molar-refractivity contribution in [1.82, 2.24) is 4.98 Å². The highest BCUT2D eigenvalue weighted by Crippen LogP contribution is 2.28. The van der Waals surface area contributed by atoms with E-state index in [0.29, 0.717) is 0 Å². The van der Waals surface area contributed by atoms with Gasteiger partial charge < -0.3 is 5.73 Å². The molecule has 0 bridgehead atoms. The van der Waals surface area contributed by atoms with Crippen LogP contribution in [0.2, 0.25) is 0 Å². The molecule has 1 aromatic carbocycles. The molecule has 2 aromatic rings. The molecule has 0 saturated heterocycles. The summed E-state index contributed by atoms with van der Waals surface area (Å²) in [6, 6.07) is 6.05. The van der Waals surface area contributed by atoms with Crippen molar-refractivity contribution in [2.45, 2.75) is 25.7 Å². The van der Waals surface area contributed by atoms with E-state index in [1.165, 1.54) is 42.2 Å². The zero-order valence-corrected chi connectivity index (χ0v) is 8.66. The number of nitrogens with two attached hydrogens (primary N) is 1. The molecule has 1 heterocycles. The molecule has 0 fully saturated rings. The molecule has 0 unspecified atom stereocenters. The topological polar surface area (TPSA) is 38.9 Å². The number of nitrogens with zero attached hydrogens (tertiary/aromatic N) is 1. The van der Waals surface area contributed by atoms with Gasteiger partial charge in [-0.2, -0.15) is 0 Å². The summed E-state index contributed by atoms with van der Waals surface area (Å²) < 4.78 is 0. The van der Waals surface area contributed by atoms with Crippen LogP contribution in [0.15, 0.2) is 24.4 Å². The Morgan fingerprint density at radius 3 is 2.93 bits per heavy atom. The highest BCUT2D eigenvalue weighted by atomic mass is 14.7. The number of hydrogen-bond acceptors (Lipinski definition) is 2. The molecular weight excluding hydrogens is 184 g/mol. The SMILES string of the molecule is Nc1ccc2c3c(cnc2c1)CCCC3. The average Bonchev–Trinajstić information content (AvgIpc) is 2.28. The van der Waals surface area contributed by atoms with E-state index in [9.17, 15) is 0 Å². The van der Waals surface area contributed by atoms with Crippen LogP contribution in [0, 0.1) is 0 Å². The second kappa shape index (κ2) is 3.23. The largest absolute Gasteiger partial charge is 0.399 e. The lowest BCUT2D eigenvalue weighted by atomic mass is 9.90. The Morgan fingerprint density at radius 1 is 1.13 bits per heavy atom. The second-order valence-electron chi connectivity index (χ2n) is 4.25. The van der Waals surface area contributed by atoms with E-state index in [0.717, 1.165) is 11.2 Å². The molecule has 0 amide bonds. The normalized spacial score (nSPS) is 15.2. The van der Waals surface area contributed by atoms with E-state index in [4.69, 9.17) is 5.73 Å². The number of aryl methyl sites for hydroxylation is 2. The third-order valence-electron chi connectivity index (χ3n) is 3.22. The third kappa shape index (κ3) is 1.37. The average molecular weight is 198 g/mol. The summed E-state index contributed by atoms with van der Waals surface area (Å²) in [5.74, 6) is 0. The van der Waals surface area contributed by atoms with Crippen molar-refractivity contribution in [3.05, 3.63) is 35.5 Å². The lowest BCUT2D eigenvalue weighted by molar-refractivity contribution is 0.687. The van der Waals surface area contributed by atoms with Crippen molar-refractivity contribution >= 4 is 16.6 Å². The number of aromatic nitrogens is 1. The van der Waals surface area contributed by atoms with Gasteiger partial charge in [-0.25, -0.2) is 0 Å². The number of hydrogen-bond donors (Lipinski definition) is 1. The minimum absolute atomic E-state index is 0.797. The van der Waals surface area contributed by atoms with Crippen LogP contribution >= 0.6 is 0 Å². The fourth-order valence-electron chi connectivity index (χ4n) is 2.44. The van der Waals surface area contributed by atoms with E-state index in [1.807, 2.05) is 18.3 Å². The van der Waals surface area contributed by atoms with Gasteiger partial charge in [-0.3, -0.25) is 4.98 Å². The fourth-order valence-corrected chi connectivity index (χ4v) is 2.44. The molecule has 0 atom stereocenters. The molecule has 1 aliphatic carbocycles. The minimum Gasteiger partial charge on any atom is -0.399 e. The molecule has 1 aromatic heterocycles. The number of nitrogen functional groups attached to an aromatic ring is 1. The van der Waals surface area contributed by atoms with Crippen LogP contribution in [0.1, 0.15) is 24.0 Å². The fraction of sp³-hybridized carbons (Fsp3) is 0.308. The molecule has 0 spiro atoms. The van der Waals surface area contributed by atoms with Gasteiger partial charge >= 0.3 is 0 Å². The van der Waals surface area contributed by atoms with Gasteiger partial charge in [-0.05, 0) is 48.9 Å². The molecule has 15 heavy (non-hydrogen) atoms. The number of pyridine rings is 1. The lowest BCUT2D eigenvalue weighted by Gasteiger charge is -2.17. The Bertz CT molecular complexity index is 517. The first-order chi connectivity index (χ1) is 7.34. The molecule has 0 aliphatic heterocycles. The number of anilines is 1. The summed E-state index contributed by atoms with van der Waals surface area (Å²) in [6.45, 7) is 0. The Morgan fingerprint density at radius 2 is 2.00 bits per heavy atom. The van der Waals surface area contributed by atoms with E-state index in [1.54, 1.807) is 0 Å². The zero-order valence-electron chi connectivity index (χ0n) is 8.66. The molecule has 2 N–H and O–H groups in total. The number of fused-ring (bicyclic) bond motifs is 3. The molecule has 2 heteroatoms. The van der Waals surface area contributed by atoms with Gasteiger partial charge in [-0.1, -0.05) is 6.07 Å². The lowest BCUT2D eigenvalue weighted by Crippen LogP contribution is -2.04. The molecule has 1 aliphatic rings. The maximum Gasteiger partial charge on any atom is 0.0725 e. The number of benzene rings is 1. The monoisotopic (exact) mass is 198 g/mol. The standard InChI is InChI=1S/C13H14N2/c14-10-5-6-12-11-4-2-1-3-9(11)8-15-13(12)7-10/h5-8H,1-4,14H2. The van der Waals surface area contributed by atoms with E-state index < -0.39 is 0 Å². The smallest absolute Gasteiger partial charge is 0.0725 e.